The Bertz CT molecular complexity index is 921. The minimum absolute atomic E-state index is 0.104. The molecule has 0 saturated heterocycles. The van der Waals surface area contributed by atoms with Gasteiger partial charge in [0.1, 0.15) is 4.90 Å². The Balaban J connectivity index is 2.29. The van der Waals surface area contributed by atoms with Gasteiger partial charge in [0.15, 0.2) is 11.6 Å². The molecule has 0 unspecified atom stereocenters. The molecule has 1 aromatic carbocycles. The fourth-order valence-electron chi connectivity index (χ4n) is 1.69. The van der Waals surface area contributed by atoms with Crippen molar-refractivity contribution in [3.8, 4) is 5.75 Å². The number of aromatic hydroxyl groups is 1. The van der Waals surface area contributed by atoms with Gasteiger partial charge in [-0.15, -0.1) is 0 Å². The largest absolute Gasteiger partial charge is 0.503 e. The van der Waals surface area contributed by atoms with Gasteiger partial charge in [-0.2, -0.15) is 0 Å². The number of hydrogen-bond acceptors (Lipinski definition) is 5. The summed E-state index contributed by atoms with van der Waals surface area (Å²) in [5, 5.41) is 19.3. The van der Waals surface area contributed by atoms with Crippen molar-refractivity contribution in [2.75, 3.05) is 10.6 Å². The summed E-state index contributed by atoms with van der Waals surface area (Å²) in [6.07, 6.45) is 0.920. The number of anilines is 2. The number of rotatable bonds is 3. The number of aromatic nitrogens is 1. The Morgan fingerprint density at radius 1 is 1.17 bits per heavy atom. The number of nitrogens with one attached hydrogen (secondary N) is 2. The standard InChI is InChI=1S/C12H9Cl3N4O4S/c13-5-2-1-3-7(8(5)15)18-12(21)19-11-9(20)10(24(16,22)23)6(14)4-17-11/h1-4,20H,(H2,16,22,23)(H2,17,18,19,21). The SMILES string of the molecule is NS(=O)(=O)c1c(Cl)cnc(NC(=O)Nc2cccc(Cl)c2Cl)c1O. The number of amides is 2. The van der Waals surface area contributed by atoms with E-state index in [1.54, 1.807) is 6.07 Å². The van der Waals surface area contributed by atoms with Crippen molar-refractivity contribution in [1.82, 2.24) is 4.98 Å². The van der Waals surface area contributed by atoms with E-state index in [4.69, 9.17) is 39.9 Å². The van der Waals surface area contributed by atoms with E-state index in [0.29, 0.717) is 0 Å². The predicted octanol–water partition coefficient (Wildman–Crippen LogP) is 3.04. The van der Waals surface area contributed by atoms with E-state index in [1.165, 1.54) is 12.1 Å². The van der Waals surface area contributed by atoms with Gasteiger partial charge in [-0.25, -0.2) is 23.3 Å². The van der Waals surface area contributed by atoms with Gasteiger partial charge in [-0.1, -0.05) is 40.9 Å². The molecular formula is C12H9Cl3N4O4S. The summed E-state index contributed by atoms with van der Waals surface area (Å²) in [5.74, 6) is -1.35. The van der Waals surface area contributed by atoms with Crippen LogP contribution in [-0.4, -0.2) is 24.5 Å². The van der Waals surface area contributed by atoms with Gasteiger partial charge < -0.3 is 10.4 Å². The number of nitrogens with zero attached hydrogens (tertiary/aromatic N) is 1. The predicted molar refractivity (Wildman–Crippen MR) is 91.4 cm³/mol. The average Bonchev–Trinajstić information content (AvgIpc) is 2.45. The van der Waals surface area contributed by atoms with E-state index in [2.05, 4.69) is 15.6 Å². The van der Waals surface area contributed by atoms with E-state index in [1.807, 2.05) is 0 Å². The minimum atomic E-state index is -4.33. The quantitative estimate of drug-likeness (QED) is 0.616. The first-order chi connectivity index (χ1) is 11.1. The van der Waals surface area contributed by atoms with Gasteiger partial charge in [0, 0.05) is 6.20 Å². The highest BCUT2D eigenvalue weighted by Crippen LogP contribution is 2.34. The maximum absolute atomic E-state index is 12.0. The maximum atomic E-state index is 12.0. The molecule has 0 aliphatic rings. The average molecular weight is 412 g/mol. The normalized spacial score (nSPS) is 11.2. The monoisotopic (exact) mass is 410 g/mol. The van der Waals surface area contributed by atoms with Crippen molar-refractivity contribution in [3.63, 3.8) is 0 Å². The van der Waals surface area contributed by atoms with Crippen molar-refractivity contribution in [2.45, 2.75) is 4.90 Å². The molecule has 1 aromatic heterocycles. The summed E-state index contributed by atoms with van der Waals surface area (Å²) in [6, 6.07) is 3.71. The molecule has 0 aliphatic heterocycles. The van der Waals surface area contributed by atoms with Crippen molar-refractivity contribution in [1.29, 1.82) is 0 Å². The molecule has 24 heavy (non-hydrogen) atoms. The summed E-state index contributed by atoms with van der Waals surface area (Å²) in [4.78, 5) is 14.8. The molecule has 0 fully saturated rings. The van der Waals surface area contributed by atoms with Crippen LogP contribution < -0.4 is 15.8 Å². The van der Waals surface area contributed by atoms with Crippen LogP contribution in [0.1, 0.15) is 0 Å². The van der Waals surface area contributed by atoms with Crippen LogP contribution in [-0.2, 0) is 10.0 Å². The van der Waals surface area contributed by atoms with E-state index >= 15 is 0 Å². The van der Waals surface area contributed by atoms with Crippen molar-refractivity contribution in [3.05, 3.63) is 39.5 Å². The van der Waals surface area contributed by atoms with Crippen molar-refractivity contribution >= 4 is 62.4 Å². The summed E-state index contributed by atoms with van der Waals surface area (Å²) >= 11 is 17.4. The number of pyridine rings is 1. The maximum Gasteiger partial charge on any atom is 0.324 e. The van der Waals surface area contributed by atoms with Gasteiger partial charge in [0.05, 0.1) is 20.8 Å². The molecule has 0 spiro atoms. The summed E-state index contributed by atoms with van der Waals surface area (Å²) in [5.41, 5.74) is 0.196. The Labute approximate surface area is 151 Å². The molecule has 2 aromatic rings. The minimum Gasteiger partial charge on any atom is -0.503 e. The third kappa shape index (κ3) is 4.00. The summed E-state index contributed by atoms with van der Waals surface area (Å²) in [7, 11) is -4.33. The van der Waals surface area contributed by atoms with Crippen LogP contribution in [0.2, 0.25) is 15.1 Å². The molecule has 0 aliphatic carbocycles. The van der Waals surface area contributed by atoms with Gasteiger partial charge in [0.25, 0.3) is 0 Å². The first kappa shape index (κ1) is 18.6. The lowest BCUT2D eigenvalue weighted by Crippen LogP contribution is -2.21. The second kappa shape index (κ2) is 6.99. The number of sulfonamides is 1. The highest BCUT2D eigenvalue weighted by molar-refractivity contribution is 7.89. The Morgan fingerprint density at radius 3 is 2.46 bits per heavy atom. The zero-order chi connectivity index (χ0) is 18.1. The lowest BCUT2D eigenvalue weighted by Gasteiger charge is -2.12. The Morgan fingerprint density at radius 2 is 1.83 bits per heavy atom. The molecule has 0 saturated carbocycles. The van der Waals surface area contributed by atoms with E-state index < -0.39 is 32.5 Å². The molecule has 128 valence electrons. The second-order valence-electron chi connectivity index (χ2n) is 4.36. The molecule has 0 bridgehead atoms. The zero-order valence-electron chi connectivity index (χ0n) is 11.5. The highest BCUT2D eigenvalue weighted by atomic mass is 35.5. The van der Waals surface area contributed by atoms with Crippen LogP contribution in [0.4, 0.5) is 16.3 Å². The third-order valence-corrected chi connectivity index (χ3v) is 4.88. The van der Waals surface area contributed by atoms with E-state index in [9.17, 15) is 18.3 Å². The van der Waals surface area contributed by atoms with Crippen molar-refractivity contribution in [2.24, 2.45) is 5.14 Å². The molecule has 2 rings (SSSR count). The van der Waals surface area contributed by atoms with E-state index in [-0.39, 0.29) is 20.8 Å². The van der Waals surface area contributed by atoms with Crippen LogP contribution >= 0.6 is 34.8 Å². The van der Waals surface area contributed by atoms with Gasteiger partial charge >= 0.3 is 6.03 Å². The van der Waals surface area contributed by atoms with Crippen LogP contribution in [0.3, 0.4) is 0 Å². The fourth-order valence-corrected chi connectivity index (χ4v) is 3.18. The van der Waals surface area contributed by atoms with Gasteiger partial charge in [-0.3, -0.25) is 5.32 Å². The van der Waals surface area contributed by atoms with Gasteiger partial charge in [0.2, 0.25) is 10.0 Å². The smallest absolute Gasteiger partial charge is 0.324 e. The number of urea groups is 1. The molecule has 1 heterocycles. The van der Waals surface area contributed by atoms with E-state index in [0.717, 1.165) is 6.20 Å². The molecular weight excluding hydrogens is 403 g/mol. The second-order valence-corrected chi connectivity index (χ2v) is 7.05. The first-order valence-electron chi connectivity index (χ1n) is 6.03. The molecule has 2 amide bonds. The summed E-state index contributed by atoms with van der Waals surface area (Å²) in [6.45, 7) is 0. The van der Waals surface area contributed by atoms with Crippen LogP contribution in [0.25, 0.3) is 0 Å². The summed E-state index contributed by atoms with van der Waals surface area (Å²) < 4.78 is 22.9. The van der Waals surface area contributed by atoms with Crippen molar-refractivity contribution < 1.29 is 18.3 Å². The molecule has 0 radical (unpaired) electrons. The molecule has 12 heteroatoms. The number of benzene rings is 1. The fraction of sp³-hybridized carbons (Fsp3) is 0. The van der Waals surface area contributed by atoms with Crippen LogP contribution in [0.15, 0.2) is 29.3 Å². The van der Waals surface area contributed by atoms with Gasteiger partial charge in [-0.05, 0) is 12.1 Å². The van der Waals surface area contributed by atoms with Crippen LogP contribution in [0, 0.1) is 0 Å². The third-order valence-electron chi connectivity index (χ3n) is 2.68. The number of hydrogen-bond donors (Lipinski definition) is 4. The lowest BCUT2D eigenvalue weighted by molar-refractivity contribution is 0.262. The topological polar surface area (TPSA) is 134 Å². The molecule has 5 N–H and O–H groups in total. The Hall–Kier alpha value is -1.78. The lowest BCUT2D eigenvalue weighted by atomic mass is 10.3. The molecule has 8 nitrogen and oxygen atoms in total. The number of primary sulfonamides is 1. The number of halogens is 3. The first-order valence-corrected chi connectivity index (χ1v) is 8.71. The Kier molecular flexibility index (Phi) is 5.41. The number of nitrogens with two attached hydrogens (primary N) is 1. The molecule has 0 atom stereocenters. The highest BCUT2D eigenvalue weighted by Gasteiger charge is 2.23. The number of carbonyl (C=O) groups is 1. The number of carbonyl (C=O) groups excluding carboxylic acids is 1. The van der Waals surface area contributed by atoms with Crippen LogP contribution in [0.5, 0.6) is 5.75 Å². The zero-order valence-corrected chi connectivity index (χ0v) is 14.6.